The van der Waals surface area contributed by atoms with Gasteiger partial charge in [-0.05, 0) is 49.2 Å². The smallest absolute Gasteiger partial charge is 0.416 e. The van der Waals surface area contributed by atoms with Crippen molar-refractivity contribution < 1.29 is 27.4 Å². The van der Waals surface area contributed by atoms with Crippen molar-refractivity contribution in [1.82, 2.24) is 0 Å². The molecule has 2 aromatic carbocycles. The lowest BCUT2D eigenvalue weighted by Crippen LogP contribution is -2.14. The molecule has 1 amide bonds. The largest absolute Gasteiger partial charge is 0.493 e. The lowest BCUT2D eigenvalue weighted by molar-refractivity contribution is -0.137. The Hall–Kier alpha value is -3.47. The summed E-state index contributed by atoms with van der Waals surface area (Å²) >= 11 is 0. The van der Waals surface area contributed by atoms with Crippen LogP contribution in [-0.2, 0) is 11.0 Å². The van der Waals surface area contributed by atoms with Crippen LogP contribution in [0, 0.1) is 11.3 Å². The molecule has 0 bridgehead atoms. The second-order valence-corrected chi connectivity index (χ2v) is 6.60. The van der Waals surface area contributed by atoms with Crippen molar-refractivity contribution in [3.05, 3.63) is 59.2 Å². The van der Waals surface area contributed by atoms with Gasteiger partial charge in [0, 0.05) is 17.3 Å². The van der Waals surface area contributed by atoms with Crippen LogP contribution in [0.4, 0.5) is 18.9 Å². The van der Waals surface area contributed by atoms with Crippen LogP contribution in [0.1, 0.15) is 37.8 Å². The van der Waals surface area contributed by atoms with Crippen molar-refractivity contribution >= 4 is 17.7 Å². The Kier molecular flexibility index (Phi) is 8.50. The third-order valence-corrected chi connectivity index (χ3v) is 4.03. The van der Waals surface area contributed by atoms with Gasteiger partial charge >= 0.3 is 6.18 Å². The molecule has 0 radical (unpaired) electrons. The van der Waals surface area contributed by atoms with E-state index in [1.165, 1.54) is 18.2 Å². The highest BCUT2D eigenvalue weighted by Crippen LogP contribution is 2.31. The van der Waals surface area contributed by atoms with E-state index in [1.807, 2.05) is 13.8 Å². The summed E-state index contributed by atoms with van der Waals surface area (Å²) in [5.41, 5.74) is -0.758. The molecule has 0 saturated heterocycles. The van der Waals surface area contributed by atoms with Gasteiger partial charge in [-0.2, -0.15) is 18.4 Å². The summed E-state index contributed by atoms with van der Waals surface area (Å²) in [6, 6.07) is 11.0. The molecule has 0 heterocycles. The first-order valence-electron chi connectivity index (χ1n) is 9.78. The van der Waals surface area contributed by atoms with E-state index in [2.05, 4.69) is 5.32 Å². The molecule has 0 fully saturated rings. The van der Waals surface area contributed by atoms with Crippen LogP contribution < -0.4 is 14.8 Å². The molecule has 164 valence electrons. The lowest BCUT2D eigenvalue weighted by Gasteiger charge is -2.12. The van der Waals surface area contributed by atoms with Gasteiger partial charge in [0.05, 0.1) is 18.8 Å². The molecule has 0 aromatic heterocycles. The van der Waals surface area contributed by atoms with Crippen molar-refractivity contribution in [2.24, 2.45) is 0 Å². The predicted octanol–water partition coefficient (Wildman–Crippen LogP) is 5.83. The molecule has 2 rings (SSSR count). The van der Waals surface area contributed by atoms with Crippen LogP contribution >= 0.6 is 0 Å². The zero-order valence-electron chi connectivity index (χ0n) is 17.3. The standard InChI is InChI=1S/C23H23F3N2O3/c1-3-10-30-20-9-8-16(21(14-20)31-11-4-2)12-17(15-27)22(29)28-19-7-5-6-18(13-19)23(24,25)26/h5-9,12-14H,3-4,10-11H2,1-2H3,(H,28,29)/b17-12-. The fourth-order valence-electron chi connectivity index (χ4n) is 2.56. The maximum atomic E-state index is 12.9. The number of anilines is 1. The van der Waals surface area contributed by atoms with Crippen LogP contribution in [0.5, 0.6) is 11.5 Å². The number of hydrogen-bond acceptors (Lipinski definition) is 4. The molecule has 0 unspecified atom stereocenters. The number of amides is 1. The van der Waals surface area contributed by atoms with Gasteiger partial charge in [0.1, 0.15) is 23.1 Å². The number of benzene rings is 2. The Morgan fingerprint density at radius 2 is 1.81 bits per heavy atom. The van der Waals surface area contributed by atoms with E-state index in [0.29, 0.717) is 30.3 Å². The highest BCUT2D eigenvalue weighted by atomic mass is 19.4. The molecular weight excluding hydrogens is 409 g/mol. The van der Waals surface area contributed by atoms with E-state index in [4.69, 9.17) is 9.47 Å². The fraction of sp³-hybridized carbons (Fsp3) is 0.304. The Morgan fingerprint density at radius 1 is 1.10 bits per heavy atom. The zero-order valence-corrected chi connectivity index (χ0v) is 17.3. The van der Waals surface area contributed by atoms with Gasteiger partial charge in [0.15, 0.2) is 0 Å². The minimum absolute atomic E-state index is 0.0632. The molecule has 2 aromatic rings. The van der Waals surface area contributed by atoms with Crippen molar-refractivity contribution in [3.63, 3.8) is 0 Å². The molecule has 0 atom stereocenters. The molecule has 0 saturated carbocycles. The van der Waals surface area contributed by atoms with Crippen molar-refractivity contribution in [1.29, 1.82) is 5.26 Å². The molecule has 1 N–H and O–H groups in total. The first-order chi connectivity index (χ1) is 14.8. The number of carbonyl (C=O) groups is 1. The number of rotatable bonds is 9. The molecule has 5 nitrogen and oxygen atoms in total. The molecule has 0 aliphatic carbocycles. The summed E-state index contributed by atoms with van der Waals surface area (Å²) < 4.78 is 49.9. The molecule has 31 heavy (non-hydrogen) atoms. The predicted molar refractivity (Wildman–Crippen MR) is 112 cm³/mol. The third kappa shape index (κ3) is 7.07. The summed E-state index contributed by atoms with van der Waals surface area (Å²) in [6.45, 7) is 4.88. The van der Waals surface area contributed by atoms with Gasteiger partial charge in [-0.3, -0.25) is 4.79 Å². The average Bonchev–Trinajstić information content (AvgIpc) is 2.74. The molecule has 0 aliphatic rings. The monoisotopic (exact) mass is 432 g/mol. The summed E-state index contributed by atoms with van der Waals surface area (Å²) in [6.07, 6.45) is -1.62. The molecule has 0 aliphatic heterocycles. The number of halogens is 3. The molecule has 0 spiro atoms. The van der Waals surface area contributed by atoms with Gasteiger partial charge in [-0.25, -0.2) is 0 Å². The van der Waals surface area contributed by atoms with E-state index in [9.17, 15) is 23.2 Å². The SMILES string of the molecule is CCCOc1ccc(/C=C(/C#N)C(=O)Nc2cccc(C(F)(F)F)c2)c(OCCC)c1. The van der Waals surface area contributed by atoms with Gasteiger partial charge < -0.3 is 14.8 Å². The van der Waals surface area contributed by atoms with E-state index in [0.717, 1.165) is 25.0 Å². The Labute approximate surface area is 179 Å². The number of nitrogens with zero attached hydrogens (tertiary/aromatic N) is 1. The van der Waals surface area contributed by atoms with Gasteiger partial charge in [-0.15, -0.1) is 0 Å². The van der Waals surface area contributed by atoms with Crippen LogP contribution in [0.25, 0.3) is 6.08 Å². The van der Waals surface area contributed by atoms with E-state index in [1.54, 1.807) is 24.3 Å². The number of alkyl halides is 3. The maximum Gasteiger partial charge on any atom is 0.416 e. The Balaban J connectivity index is 2.29. The molecular formula is C23H23F3N2O3. The van der Waals surface area contributed by atoms with Crippen LogP contribution in [0.15, 0.2) is 48.0 Å². The van der Waals surface area contributed by atoms with Crippen molar-refractivity contribution in [2.75, 3.05) is 18.5 Å². The van der Waals surface area contributed by atoms with Gasteiger partial charge in [-0.1, -0.05) is 19.9 Å². The van der Waals surface area contributed by atoms with E-state index >= 15 is 0 Å². The van der Waals surface area contributed by atoms with Crippen LogP contribution in [0.2, 0.25) is 0 Å². The normalized spacial score (nSPS) is 11.5. The third-order valence-electron chi connectivity index (χ3n) is 4.03. The number of nitriles is 1. The van der Waals surface area contributed by atoms with Crippen molar-refractivity contribution in [3.8, 4) is 17.6 Å². The topological polar surface area (TPSA) is 71.3 Å². The summed E-state index contributed by atoms with van der Waals surface area (Å²) in [5, 5.41) is 11.8. The maximum absolute atomic E-state index is 12.9. The number of hydrogen-bond donors (Lipinski definition) is 1. The molecule has 8 heteroatoms. The van der Waals surface area contributed by atoms with Crippen LogP contribution in [-0.4, -0.2) is 19.1 Å². The first-order valence-corrected chi connectivity index (χ1v) is 9.78. The second-order valence-electron chi connectivity index (χ2n) is 6.60. The average molecular weight is 432 g/mol. The van der Waals surface area contributed by atoms with Crippen LogP contribution in [0.3, 0.4) is 0 Å². The van der Waals surface area contributed by atoms with Crippen molar-refractivity contribution in [2.45, 2.75) is 32.9 Å². The highest BCUT2D eigenvalue weighted by Gasteiger charge is 2.30. The van der Waals surface area contributed by atoms with Gasteiger partial charge in [0.2, 0.25) is 0 Å². The minimum Gasteiger partial charge on any atom is -0.493 e. The summed E-state index contributed by atoms with van der Waals surface area (Å²) in [5.74, 6) is 0.210. The van der Waals surface area contributed by atoms with E-state index < -0.39 is 17.6 Å². The Bertz CT molecular complexity index is 979. The summed E-state index contributed by atoms with van der Waals surface area (Å²) in [4.78, 5) is 12.5. The lowest BCUT2D eigenvalue weighted by atomic mass is 10.1. The highest BCUT2D eigenvalue weighted by molar-refractivity contribution is 6.09. The van der Waals surface area contributed by atoms with Gasteiger partial charge in [0.25, 0.3) is 5.91 Å². The quantitative estimate of drug-likeness (QED) is 0.400. The number of nitrogens with one attached hydrogen (secondary N) is 1. The second kappa shape index (κ2) is 11.1. The minimum atomic E-state index is -4.54. The van der Waals surface area contributed by atoms with E-state index in [-0.39, 0.29) is 11.3 Å². The zero-order chi connectivity index (χ0) is 22.9. The first kappa shape index (κ1) is 23.8. The summed E-state index contributed by atoms with van der Waals surface area (Å²) in [7, 11) is 0. The fourth-order valence-corrected chi connectivity index (χ4v) is 2.56. The number of carbonyl (C=O) groups excluding carboxylic acids is 1. The Morgan fingerprint density at radius 3 is 2.45 bits per heavy atom. The number of ether oxygens (including phenoxy) is 2.